The summed E-state index contributed by atoms with van der Waals surface area (Å²) in [7, 11) is 0. The lowest BCUT2D eigenvalue weighted by molar-refractivity contribution is 0.414. The van der Waals surface area contributed by atoms with Crippen molar-refractivity contribution >= 4 is 28.4 Å². The van der Waals surface area contributed by atoms with Crippen LogP contribution in [-0.4, -0.2) is 24.3 Å². The Morgan fingerprint density at radius 3 is 2.85 bits per heavy atom. The molecule has 0 aliphatic carbocycles. The largest absolute Gasteiger partial charge is 0.364 e. The molecule has 0 atom stereocenters. The number of rotatable bonds is 7. The van der Waals surface area contributed by atoms with E-state index in [0.29, 0.717) is 23.5 Å². The van der Waals surface area contributed by atoms with Crippen molar-refractivity contribution in [2.24, 2.45) is 0 Å². The Balaban J connectivity index is 1.83. The third-order valence-electron chi connectivity index (χ3n) is 4.30. The van der Waals surface area contributed by atoms with Gasteiger partial charge in [0.1, 0.15) is 6.26 Å². The van der Waals surface area contributed by atoms with Crippen molar-refractivity contribution in [1.29, 1.82) is 0 Å². The smallest absolute Gasteiger partial charge is 0.262 e. The van der Waals surface area contributed by atoms with E-state index in [1.807, 2.05) is 34.7 Å². The maximum Gasteiger partial charge on any atom is 0.262 e. The van der Waals surface area contributed by atoms with Crippen LogP contribution in [0, 0.1) is 0 Å². The summed E-state index contributed by atoms with van der Waals surface area (Å²) in [6.07, 6.45) is 4.68. The zero-order chi connectivity index (χ0) is 17.9. The Morgan fingerprint density at radius 1 is 1.15 bits per heavy atom. The summed E-state index contributed by atoms with van der Waals surface area (Å²) in [5, 5.41) is 14.0. The van der Waals surface area contributed by atoms with E-state index in [0.717, 1.165) is 35.6 Å². The standard InChI is InChI=1S/C18H19N5O2S/c1-2-3-6-10-22-16(24)14-7-4-5-8-15(14)23-17(22)19-20-18(23)26-12-13-9-11-25-21-13/h4-5,7-9,11H,2-3,6,10,12H2,1H3. The molecule has 0 aliphatic heterocycles. The second kappa shape index (κ2) is 7.33. The molecule has 0 aliphatic rings. The lowest BCUT2D eigenvalue weighted by atomic mass is 10.2. The van der Waals surface area contributed by atoms with Crippen molar-refractivity contribution in [3.05, 3.63) is 52.6 Å². The van der Waals surface area contributed by atoms with Crippen LogP contribution in [-0.2, 0) is 12.3 Å². The van der Waals surface area contributed by atoms with Crippen molar-refractivity contribution in [2.45, 2.75) is 43.6 Å². The van der Waals surface area contributed by atoms with Gasteiger partial charge >= 0.3 is 0 Å². The topological polar surface area (TPSA) is 78.2 Å². The van der Waals surface area contributed by atoms with Crippen LogP contribution < -0.4 is 5.56 Å². The predicted octanol–water partition coefficient (Wildman–Crippen LogP) is 3.51. The highest BCUT2D eigenvalue weighted by atomic mass is 32.2. The summed E-state index contributed by atoms with van der Waals surface area (Å²) >= 11 is 1.52. The first kappa shape index (κ1) is 16.8. The zero-order valence-electron chi connectivity index (χ0n) is 14.5. The molecule has 7 nitrogen and oxygen atoms in total. The second-order valence-electron chi connectivity index (χ2n) is 6.08. The van der Waals surface area contributed by atoms with E-state index in [4.69, 9.17) is 4.52 Å². The molecule has 0 radical (unpaired) electrons. The minimum atomic E-state index is -0.00958. The van der Waals surface area contributed by atoms with Crippen LogP contribution in [0.2, 0.25) is 0 Å². The molecule has 3 aromatic heterocycles. The van der Waals surface area contributed by atoms with Gasteiger partial charge in [-0.3, -0.25) is 13.8 Å². The molecular weight excluding hydrogens is 350 g/mol. The Hall–Kier alpha value is -2.61. The van der Waals surface area contributed by atoms with Crippen LogP contribution in [0.3, 0.4) is 0 Å². The highest BCUT2D eigenvalue weighted by Crippen LogP contribution is 2.24. The van der Waals surface area contributed by atoms with E-state index >= 15 is 0 Å². The average molecular weight is 369 g/mol. The number of hydrogen-bond acceptors (Lipinski definition) is 6. The fourth-order valence-electron chi connectivity index (χ4n) is 3.00. The number of benzene rings is 1. The lowest BCUT2D eigenvalue weighted by Crippen LogP contribution is -2.23. The monoisotopic (exact) mass is 369 g/mol. The van der Waals surface area contributed by atoms with Crippen molar-refractivity contribution < 1.29 is 4.52 Å². The molecule has 4 rings (SSSR count). The van der Waals surface area contributed by atoms with Crippen LogP contribution >= 0.6 is 11.8 Å². The van der Waals surface area contributed by atoms with Crippen LogP contribution in [0.1, 0.15) is 31.9 Å². The highest BCUT2D eigenvalue weighted by molar-refractivity contribution is 7.98. The lowest BCUT2D eigenvalue weighted by Gasteiger charge is -2.10. The summed E-state index contributed by atoms with van der Waals surface area (Å²) in [5.74, 6) is 1.22. The van der Waals surface area contributed by atoms with Crippen molar-refractivity contribution in [3.63, 3.8) is 0 Å². The quantitative estimate of drug-likeness (QED) is 0.366. The van der Waals surface area contributed by atoms with E-state index in [1.54, 1.807) is 10.8 Å². The molecule has 3 heterocycles. The number of hydrogen-bond donors (Lipinski definition) is 0. The number of aryl methyl sites for hydroxylation is 1. The molecule has 0 amide bonds. The van der Waals surface area contributed by atoms with Gasteiger partial charge < -0.3 is 4.52 Å². The van der Waals surface area contributed by atoms with Gasteiger partial charge in [-0.15, -0.1) is 10.2 Å². The van der Waals surface area contributed by atoms with Gasteiger partial charge in [0.25, 0.3) is 5.56 Å². The fourth-order valence-corrected chi connectivity index (χ4v) is 3.83. The molecule has 0 fully saturated rings. The van der Waals surface area contributed by atoms with E-state index < -0.39 is 0 Å². The van der Waals surface area contributed by atoms with Gasteiger partial charge in [-0.2, -0.15) is 0 Å². The minimum absolute atomic E-state index is 0.00958. The third-order valence-corrected chi connectivity index (χ3v) is 5.27. The fraction of sp³-hybridized carbons (Fsp3) is 0.333. The van der Waals surface area contributed by atoms with E-state index in [-0.39, 0.29) is 5.56 Å². The van der Waals surface area contributed by atoms with Crippen LogP contribution in [0.15, 0.2) is 51.1 Å². The second-order valence-corrected chi connectivity index (χ2v) is 7.02. The predicted molar refractivity (Wildman–Crippen MR) is 100 cm³/mol. The Kier molecular flexibility index (Phi) is 4.75. The number of aromatic nitrogens is 5. The molecule has 26 heavy (non-hydrogen) atoms. The van der Waals surface area contributed by atoms with Gasteiger partial charge in [0.05, 0.1) is 16.6 Å². The number of para-hydroxylation sites is 1. The molecule has 0 unspecified atom stereocenters. The Bertz CT molecular complexity index is 1080. The molecule has 1 aromatic carbocycles. The molecule has 0 spiro atoms. The van der Waals surface area contributed by atoms with Gasteiger partial charge in [-0.05, 0) is 18.6 Å². The summed E-state index contributed by atoms with van der Waals surface area (Å²) in [5.41, 5.74) is 1.66. The molecule has 0 bridgehead atoms. The summed E-state index contributed by atoms with van der Waals surface area (Å²) in [6.45, 7) is 2.79. The number of nitrogens with zero attached hydrogens (tertiary/aromatic N) is 5. The number of thioether (sulfide) groups is 1. The molecule has 8 heteroatoms. The molecular formula is C18H19N5O2S. The first-order valence-corrected chi connectivity index (χ1v) is 9.67. The van der Waals surface area contributed by atoms with Gasteiger partial charge in [0, 0.05) is 18.4 Å². The number of unbranched alkanes of at least 4 members (excludes halogenated alkanes) is 2. The minimum Gasteiger partial charge on any atom is -0.364 e. The average Bonchev–Trinajstić information content (AvgIpc) is 3.32. The van der Waals surface area contributed by atoms with Crippen molar-refractivity contribution in [1.82, 2.24) is 24.3 Å². The van der Waals surface area contributed by atoms with Crippen LogP contribution in [0.25, 0.3) is 16.7 Å². The number of fused-ring (bicyclic) bond motifs is 3. The third kappa shape index (κ3) is 3.01. The van der Waals surface area contributed by atoms with Gasteiger partial charge in [-0.25, -0.2) is 0 Å². The molecule has 0 saturated heterocycles. The molecule has 4 aromatic rings. The molecule has 0 saturated carbocycles. The van der Waals surface area contributed by atoms with Crippen molar-refractivity contribution in [2.75, 3.05) is 0 Å². The van der Waals surface area contributed by atoms with E-state index in [9.17, 15) is 4.79 Å². The van der Waals surface area contributed by atoms with Gasteiger partial charge in [0.15, 0.2) is 5.16 Å². The zero-order valence-corrected chi connectivity index (χ0v) is 15.3. The normalized spacial score (nSPS) is 11.6. The maximum absolute atomic E-state index is 12.9. The first-order chi connectivity index (χ1) is 12.8. The van der Waals surface area contributed by atoms with E-state index in [2.05, 4.69) is 22.3 Å². The van der Waals surface area contributed by atoms with Crippen molar-refractivity contribution in [3.8, 4) is 0 Å². The van der Waals surface area contributed by atoms with Crippen LogP contribution in [0.5, 0.6) is 0 Å². The molecule has 134 valence electrons. The van der Waals surface area contributed by atoms with Gasteiger partial charge in [0.2, 0.25) is 5.78 Å². The summed E-state index contributed by atoms with van der Waals surface area (Å²) in [6, 6.07) is 9.44. The first-order valence-electron chi connectivity index (χ1n) is 8.68. The Labute approximate surface area is 154 Å². The SMILES string of the molecule is CCCCCn1c(=O)c2ccccc2n2c(SCc3ccon3)nnc12. The Morgan fingerprint density at radius 2 is 2.04 bits per heavy atom. The highest BCUT2D eigenvalue weighted by Gasteiger charge is 2.16. The van der Waals surface area contributed by atoms with Gasteiger partial charge in [-0.1, -0.05) is 48.8 Å². The van der Waals surface area contributed by atoms with E-state index in [1.165, 1.54) is 11.8 Å². The maximum atomic E-state index is 12.9. The summed E-state index contributed by atoms with van der Waals surface area (Å²) in [4.78, 5) is 12.9. The molecule has 0 N–H and O–H groups in total. The summed E-state index contributed by atoms with van der Waals surface area (Å²) < 4.78 is 8.59. The van der Waals surface area contributed by atoms with Crippen LogP contribution in [0.4, 0.5) is 0 Å².